The first-order chi connectivity index (χ1) is 9.42. The number of benzene rings is 2. The van der Waals surface area contributed by atoms with Gasteiger partial charge in [-0.1, -0.05) is 17.7 Å². The van der Waals surface area contributed by atoms with E-state index in [0.717, 1.165) is 12.1 Å². The van der Waals surface area contributed by atoms with Crippen LogP contribution in [0.2, 0.25) is 5.02 Å². The Labute approximate surface area is 120 Å². The molecule has 0 aliphatic rings. The van der Waals surface area contributed by atoms with E-state index in [1.165, 1.54) is 30.3 Å². The van der Waals surface area contributed by atoms with Crippen LogP contribution in [-0.4, -0.2) is 13.5 Å². The van der Waals surface area contributed by atoms with Crippen molar-refractivity contribution >= 4 is 27.3 Å². The van der Waals surface area contributed by atoms with Gasteiger partial charge in [0.1, 0.15) is 10.7 Å². The Morgan fingerprint density at radius 1 is 1.15 bits per heavy atom. The summed E-state index contributed by atoms with van der Waals surface area (Å²) in [7, 11) is -3.90. The summed E-state index contributed by atoms with van der Waals surface area (Å²) >= 11 is 5.87. The Morgan fingerprint density at radius 3 is 2.40 bits per heavy atom. The maximum atomic E-state index is 12.8. The van der Waals surface area contributed by atoms with Crippen LogP contribution in [0.15, 0.2) is 47.4 Å². The zero-order chi connectivity index (χ0) is 14.8. The molecule has 2 N–H and O–H groups in total. The van der Waals surface area contributed by atoms with Crippen LogP contribution in [0.4, 0.5) is 10.1 Å². The van der Waals surface area contributed by atoms with Gasteiger partial charge < -0.3 is 5.11 Å². The number of hydrogen-bond acceptors (Lipinski definition) is 3. The van der Waals surface area contributed by atoms with E-state index in [-0.39, 0.29) is 22.2 Å². The lowest BCUT2D eigenvalue weighted by Crippen LogP contribution is -2.13. The molecule has 0 radical (unpaired) electrons. The molecule has 0 saturated carbocycles. The maximum Gasteiger partial charge on any atom is 0.263 e. The van der Waals surface area contributed by atoms with Crippen LogP contribution in [0.25, 0.3) is 0 Å². The van der Waals surface area contributed by atoms with Crippen molar-refractivity contribution in [2.24, 2.45) is 0 Å². The molecule has 0 atom stereocenters. The third-order valence-corrected chi connectivity index (χ3v) is 4.43. The fourth-order valence-corrected chi connectivity index (χ4v) is 3.19. The van der Waals surface area contributed by atoms with Crippen molar-refractivity contribution in [2.75, 3.05) is 4.72 Å². The third kappa shape index (κ3) is 3.27. The normalized spacial score (nSPS) is 11.3. The first-order valence-corrected chi connectivity index (χ1v) is 7.46. The first kappa shape index (κ1) is 14.8. The summed E-state index contributed by atoms with van der Waals surface area (Å²) in [4.78, 5) is -0.143. The van der Waals surface area contributed by atoms with E-state index in [1.54, 1.807) is 0 Å². The minimum atomic E-state index is -3.90. The Kier molecular flexibility index (Phi) is 4.27. The number of hydrogen-bond donors (Lipinski definition) is 2. The smallest absolute Gasteiger partial charge is 0.263 e. The SMILES string of the molecule is O=S(=O)(Nc1ccc(F)cc1)c1cc(CO)ccc1Cl. The quantitative estimate of drug-likeness (QED) is 0.911. The highest BCUT2D eigenvalue weighted by Crippen LogP contribution is 2.25. The van der Waals surface area contributed by atoms with Gasteiger partial charge in [0.2, 0.25) is 0 Å². The molecule has 2 aromatic rings. The van der Waals surface area contributed by atoms with Gasteiger partial charge in [-0.2, -0.15) is 0 Å². The van der Waals surface area contributed by atoms with E-state index < -0.39 is 15.8 Å². The Bertz CT molecular complexity index is 717. The Balaban J connectivity index is 2.37. The molecule has 4 nitrogen and oxygen atoms in total. The number of rotatable bonds is 4. The highest BCUT2D eigenvalue weighted by Gasteiger charge is 2.18. The Morgan fingerprint density at radius 2 is 1.80 bits per heavy atom. The van der Waals surface area contributed by atoms with Crippen LogP contribution < -0.4 is 4.72 Å². The molecule has 0 aliphatic carbocycles. The predicted molar refractivity (Wildman–Crippen MR) is 74.6 cm³/mol. The fraction of sp³-hybridized carbons (Fsp3) is 0.0769. The van der Waals surface area contributed by atoms with Crippen molar-refractivity contribution in [3.63, 3.8) is 0 Å². The van der Waals surface area contributed by atoms with Gasteiger partial charge in [-0.25, -0.2) is 12.8 Å². The van der Waals surface area contributed by atoms with Crippen molar-refractivity contribution < 1.29 is 17.9 Å². The van der Waals surface area contributed by atoms with Crippen LogP contribution in [-0.2, 0) is 16.6 Å². The Hall–Kier alpha value is -1.63. The van der Waals surface area contributed by atoms with Gasteiger partial charge in [0.25, 0.3) is 10.0 Å². The summed E-state index contributed by atoms with van der Waals surface area (Å²) in [6, 6.07) is 9.10. The standard InChI is InChI=1S/C13H11ClFNO3S/c14-12-6-1-9(8-17)7-13(12)20(18,19)16-11-4-2-10(15)3-5-11/h1-7,16-17H,8H2. The van der Waals surface area contributed by atoms with Gasteiger partial charge in [0, 0.05) is 5.69 Å². The van der Waals surface area contributed by atoms with E-state index in [0.29, 0.717) is 5.56 Å². The number of anilines is 1. The molecular weight excluding hydrogens is 305 g/mol. The predicted octanol–water partition coefficient (Wildman–Crippen LogP) is 2.77. The number of aliphatic hydroxyl groups is 1. The topological polar surface area (TPSA) is 66.4 Å². The fourth-order valence-electron chi connectivity index (χ4n) is 1.58. The van der Waals surface area contributed by atoms with Crippen LogP contribution in [0, 0.1) is 5.82 Å². The lowest BCUT2D eigenvalue weighted by Gasteiger charge is -2.10. The summed E-state index contributed by atoms with van der Waals surface area (Å²) < 4.78 is 39.5. The van der Waals surface area contributed by atoms with Gasteiger partial charge in [-0.05, 0) is 42.0 Å². The lowest BCUT2D eigenvalue weighted by molar-refractivity contribution is 0.281. The molecule has 106 valence electrons. The molecule has 0 heterocycles. The molecule has 0 spiro atoms. The zero-order valence-electron chi connectivity index (χ0n) is 10.2. The largest absolute Gasteiger partial charge is 0.392 e. The summed E-state index contributed by atoms with van der Waals surface area (Å²) in [6.07, 6.45) is 0. The lowest BCUT2D eigenvalue weighted by atomic mass is 10.2. The molecule has 20 heavy (non-hydrogen) atoms. The van der Waals surface area contributed by atoms with E-state index in [1.807, 2.05) is 0 Å². The minimum Gasteiger partial charge on any atom is -0.392 e. The second kappa shape index (κ2) is 5.78. The number of halogens is 2. The average molecular weight is 316 g/mol. The third-order valence-electron chi connectivity index (χ3n) is 2.56. The molecule has 0 aliphatic heterocycles. The molecule has 0 fully saturated rings. The van der Waals surface area contributed by atoms with E-state index in [4.69, 9.17) is 16.7 Å². The van der Waals surface area contributed by atoms with Crippen LogP contribution in [0.5, 0.6) is 0 Å². The second-order valence-electron chi connectivity index (χ2n) is 4.04. The molecule has 0 saturated heterocycles. The second-order valence-corrected chi connectivity index (χ2v) is 6.09. The van der Waals surface area contributed by atoms with Crippen LogP contribution >= 0.6 is 11.6 Å². The molecular formula is C13H11ClFNO3S. The summed E-state index contributed by atoms with van der Waals surface area (Å²) in [5, 5.41) is 9.08. The summed E-state index contributed by atoms with van der Waals surface area (Å²) in [6.45, 7) is -0.295. The average Bonchev–Trinajstić information content (AvgIpc) is 2.41. The molecule has 0 aromatic heterocycles. The minimum absolute atomic E-state index is 0.0387. The molecule has 2 rings (SSSR count). The first-order valence-electron chi connectivity index (χ1n) is 5.60. The monoisotopic (exact) mass is 315 g/mol. The zero-order valence-corrected chi connectivity index (χ0v) is 11.7. The van der Waals surface area contributed by atoms with Gasteiger partial charge >= 0.3 is 0 Å². The molecule has 0 unspecified atom stereocenters. The molecule has 0 bridgehead atoms. The van der Waals surface area contributed by atoms with Gasteiger partial charge in [0.05, 0.1) is 11.6 Å². The highest BCUT2D eigenvalue weighted by atomic mass is 35.5. The van der Waals surface area contributed by atoms with Gasteiger partial charge in [-0.3, -0.25) is 4.72 Å². The summed E-state index contributed by atoms with van der Waals surface area (Å²) in [5.41, 5.74) is 0.644. The van der Waals surface area contributed by atoms with E-state index in [9.17, 15) is 12.8 Å². The van der Waals surface area contributed by atoms with Crippen LogP contribution in [0.1, 0.15) is 5.56 Å². The molecule has 0 amide bonds. The van der Waals surface area contributed by atoms with Gasteiger partial charge in [0.15, 0.2) is 0 Å². The molecule has 2 aromatic carbocycles. The van der Waals surface area contributed by atoms with Crippen LogP contribution in [0.3, 0.4) is 0 Å². The number of nitrogens with one attached hydrogen (secondary N) is 1. The van der Waals surface area contributed by atoms with Gasteiger partial charge in [-0.15, -0.1) is 0 Å². The molecule has 7 heteroatoms. The van der Waals surface area contributed by atoms with Crippen molar-refractivity contribution in [1.29, 1.82) is 0 Å². The van der Waals surface area contributed by atoms with Crippen molar-refractivity contribution in [3.8, 4) is 0 Å². The number of aliphatic hydroxyl groups excluding tert-OH is 1. The van der Waals surface area contributed by atoms with Crippen molar-refractivity contribution in [2.45, 2.75) is 11.5 Å². The highest BCUT2D eigenvalue weighted by molar-refractivity contribution is 7.92. The van der Waals surface area contributed by atoms with Crippen molar-refractivity contribution in [3.05, 3.63) is 58.9 Å². The van der Waals surface area contributed by atoms with E-state index >= 15 is 0 Å². The number of sulfonamides is 1. The summed E-state index contributed by atoms with van der Waals surface area (Å²) in [5.74, 6) is -0.465. The maximum absolute atomic E-state index is 12.8. The van der Waals surface area contributed by atoms with E-state index in [2.05, 4.69) is 4.72 Å². The van der Waals surface area contributed by atoms with Crippen molar-refractivity contribution in [1.82, 2.24) is 0 Å².